The Hall–Kier alpha value is -5.94. The summed E-state index contributed by atoms with van der Waals surface area (Å²) in [6.45, 7) is 0.801. The van der Waals surface area contributed by atoms with Crippen molar-refractivity contribution < 1.29 is 4.42 Å². The Balaban J connectivity index is 1.32. The predicted molar refractivity (Wildman–Crippen MR) is 186 cm³/mol. The second kappa shape index (κ2) is 10.4. The quantitative estimate of drug-likeness (QED) is 0.218. The smallest absolute Gasteiger partial charge is 0.160 e. The van der Waals surface area contributed by atoms with Crippen LogP contribution in [0.4, 0.5) is 5.69 Å². The lowest BCUT2D eigenvalue weighted by Gasteiger charge is -2.24. The molecule has 0 radical (unpaired) electrons. The van der Waals surface area contributed by atoms with Crippen molar-refractivity contribution in [3.63, 3.8) is 0 Å². The molecular formula is C40H28N4O. The van der Waals surface area contributed by atoms with Crippen LogP contribution in [0.1, 0.15) is 28.4 Å². The topological polar surface area (TPSA) is 61.9 Å². The van der Waals surface area contributed by atoms with Crippen LogP contribution in [0.25, 0.3) is 49.9 Å². The van der Waals surface area contributed by atoms with E-state index in [2.05, 4.69) is 114 Å². The van der Waals surface area contributed by atoms with Crippen molar-refractivity contribution in [3.05, 3.63) is 156 Å². The maximum Gasteiger partial charge on any atom is 0.160 e. The monoisotopic (exact) mass is 580 g/mol. The van der Waals surface area contributed by atoms with E-state index in [4.69, 9.17) is 14.4 Å². The van der Waals surface area contributed by atoms with Crippen molar-refractivity contribution in [3.8, 4) is 11.1 Å². The van der Waals surface area contributed by atoms with E-state index in [0.29, 0.717) is 5.84 Å². The molecule has 0 fully saturated rings. The Morgan fingerprint density at radius 3 is 2.33 bits per heavy atom. The molecule has 0 spiro atoms. The standard InChI is InChI=1S/C40H28N4O/c1-3-11-26(12-4-1)38-42-39(27-13-5-2-6-14-27)44-40(43-38)33-21-31(29-18-17-25-10-7-8-15-28(25)20-29)23-36-37(33)32-24-34-30(16-9-19-41-34)22-35(32)45-36/h1-18,20-24,38,41H,19H2,(H,42,43,44). The fourth-order valence-electron chi connectivity index (χ4n) is 6.44. The summed E-state index contributed by atoms with van der Waals surface area (Å²) < 4.78 is 6.64. The highest BCUT2D eigenvalue weighted by molar-refractivity contribution is 6.23. The van der Waals surface area contributed by atoms with E-state index in [0.717, 1.165) is 73.4 Å². The Bertz CT molecular complexity index is 2350. The zero-order chi connectivity index (χ0) is 29.7. The number of hydrogen-bond donors (Lipinski definition) is 2. The van der Waals surface area contributed by atoms with Gasteiger partial charge in [0.1, 0.15) is 23.2 Å². The normalized spacial score (nSPS) is 15.8. The van der Waals surface area contributed by atoms with E-state index in [-0.39, 0.29) is 6.17 Å². The number of aliphatic imine (C=N–C) groups is 2. The van der Waals surface area contributed by atoms with Crippen LogP contribution in [-0.4, -0.2) is 18.2 Å². The molecule has 0 aliphatic carbocycles. The summed E-state index contributed by atoms with van der Waals surface area (Å²) in [7, 11) is 0. The van der Waals surface area contributed by atoms with Gasteiger partial charge < -0.3 is 15.1 Å². The summed E-state index contributed by atoms with van der Waals surface area (Å²) in [6.07, 6.45) is 3.98. The van der Waals surface area contributed by atoms with E-state index < -0.39 is 0 Å². The summed E-state index contributed by atoms with van der Waals surface area (Å²) in [4.78, 5) is 10.5. The average Bonchev–Trinajstić information content (AvgIpc) is 3.47. The van der Waals surface area contributed by atoms with Crippen molar-refractivity contribution in [2.75, 3.05) is 11.9 Å². The number of nitrogens with zero attached hydrogens (tertiary/aromatic N) is 2. The van der Waals surface area contributed by atoms with Gasteiger partial charge in [0.25, 0.3) is 0 Å². The van der Waals surface area contributed by atoms with Crippen molar-refractivity contribution in [1.29, 1.82) is 0 Å². The minimum atomic E-state index is -0.300. The molecule has 45 heavy (non-hydrogen) atoms. The van der Waals surface area contributed by atoms with Gasteiger partial charge in [-0.3, -0.25) is 0 Å². The third-order valence-electron chi connectivity index (χ3n) is 8.68. The largest absolute Gasteiger partial charge is 0.456 e. The van der Waals surface area contributed by atoms with Crippen LogP contribution in [0.15, 0.2) is 148 Å². The lowest BCUT2D eigenvalue weighted by Crippen LogP contribution is -2.33. The van der Waals surface area contributed by atoms with E-state index in [1.54, 1.807) is 0 Å². The fraction of sp³-hybridized carbons (Fsp3) is 0.0500. The van der Waals surface area contributed by atoms with Gasteiger partial charge in [-0.15, -0.1) is 0 Å². The van der Waals surface area contributed by atoms with Crippen molar-refractivity contribution in [2.45, 2.75) is 6.17 Å². The lowest BCUT2D eigenvalue weighted by molar-refractivity contribution is 0.668. The third kappa shape index (κ3) is 4.48. The van der Waals surface area contributed by atoms with Crippen LogP contribution in [-0.2, 0) is 0 Å². The Kier molecular flexibility index (Phi) is 5.88. The van der Waals surface area contributed by atoms with Gasteiger partial charge in [0, 0.05) is 39.7 Å². The van der Waals surface area contributed by atoms with Gasteiger partial charge in [0.2, 0.25) is 0 Å². The second-order valence-electron chi connectivity index (χ2n) is 11.5. The number of rotatable bonds is 4. The molecule has 0 saturated heterocycles. The van der Waals surface area contributed by atoms with Crippen LogP contribution in [0, 0.1) is 0 Å². The number of fused-ring (bicyclic) bond motifs is 5. The molecule has 2 aliphatic heterocycles. The molecule has 2 aliphatic rings. The average molecular weight is 581 g/mol. The number of hydrogen-bond acceptors (Lipinski definition) is 5. The van der Waals surface area contributed by atoms with Gasteiger partial charge >= 0.3 is 0 Å². The van der Waals surface area contributed by atoms with Gasteiger partial charge in [-0.05, 0) is 57.8 Å². The van der Waals surface area contributed by atoms with E-state index in [1.165, 1.54) is 10.8 Å². The molecular weight excluding hydrogens is 552 g/mol. The molecule has 0 amide bonds. The maximum atomic E-state index is 6.64. The summed E-state index contributed by atoms with van der Waals surface area (Å²) in [5.41, 5.74) is 9.06. The van der Waals surface area contributed by atoms with E-state index in [9.17, 15) is 0 Å². The molecule has 2 N–H and O–H groups in total. The molecule has 3 heterocycles. The van der Waals surface area contributed by atoms with Crippen LogP contribution >= 0.6 is 0 Å². The summed E-state index contributed by atoms with van der Waals surface area (Å²) in [5, 5.41) is 11.6. The summed E-state index contributed by atoms with van der Waals surface area (Å²) >= 11 is 0. The van der Waals surface area contributed by atoms with E-state index in [1.807, 2.05) is 36.4 Å². The molecule has 7 aromatic rings. The first-order valence-corrected chi connectivity index (χ1v) is 15.2. The predicted octanol–water partition coefficient (Wildman–Crippen LogP) is 9.34. The minimum Gasteiger partial charge on any atom is -0.456 e. The first-order valence-electron chi connectivity index (χ1n) is 15.2. The number of anilines is 1. The molecule has 1 aromatic heterocycles. The lowest BCUT2D eigenvalue weighted by atomic mass is 9.95. The van der Waals surface area contributed by atoms with Crippen LogP contribution in [0.3, 0.4) is 0 Å². The number of nitrogens with one attached hydrogen (secondary N) is 2. The fourth-order valence-corrected chi connectivity index (χ4v) is 6.44. The Morgan fingerprint density at radius 1 is 0.667 bits per heavy atom. The van der Waals surface area contributed by atoms with Crippen LogP contribution in [0.2, 0.25) is 0 Å². The zero-order valence-corrected chi connectivity index (χ0v) is 24.4. The van der Waals surface area contributed by atoms with Crippen molar-refractivity contribution in [1.82, 2.24) is 5.32 Å². The first kappa shape index (κ1) is 25.5. The molecule has 6 aromatic carbocycles. The van der Waals surface area contributed by atoms with Gasteiger partial charge in [0.15, 0.2) is 5.84 Å². The van der Waals surface area contributed by atoms with E-state index >= 15 is 0 Å². The number of benzene rings is 6. The van der Waals surface area contributed by atoms with Gasteiger partial charge in [-0.25, -0.2) is 9.98 Å². The summed E-state index contributed by atoms with van der Waals surface area (Å²) in [5.74, 6) is 1.46. The second-order valence-corrected chi connectivity index (χ2v) is 11.5. The number of furan rings is 1. The van der Waals surface area contributed by atoms with Crippen LogP contribution in [0.5, 0.6) is 0 Å². The molecule has 9 rings (SSSR count). The SMILES string of the molecule is C1=Cc2cc3oc4cc(-c5ccc6ccccc6c5)cc(C5=NC(c6ccccc6)NC(c6ccccc6)=N5)c4c3cc2NC1. The molecule has 1 unspecified atom stereocenters. The minimum absolute atomic E-state index is 0.300. The highest BCUT2D eigenvalue weighted by Gasteiger charge is 2.25. The molecule has 1 atom stereocenters. The molecule has 5 heteroatoms. The Morgan fingerprint density at radius 2 is 1.47 bits per heavy atom. The van der Waals surface area contributed by atoms with Gasteiger partial charge in [0.05, 0.1) is 0 Å². The number of amidine groups is 2. The maximum absolute atomic E-state index is 6.64. The van der Waals surface area contributed by atoms with Crippen molar-refractivity contribution >= 4 is 56.1 Å². The van der Waals surface area contributed by atoms with Crippen LogP contribution < -0.4 is 10.6 Å². The third-order valence-corrected chi connectivity index (χ3v) is 8.68. The summed E-state index contributed by atoms with van der Waals surface area (Å²) in [6, 6.07) is 44.4. The van der Waals surface area contributed by atoms with Gasteiger partial charge in [-0.1, -0.05) is 109 Å². The highest BCUT2D eigenvalue weighted by Crippen LogP contribution is 2.40. The highest BCUT2D eigenvalue weighted by atomic mass is 16.3. The zero-order valence-electron chi connectivity index (χ0n) is 24.4. The molecule has 5 nitrogen and oxygen atoms in total. The first-order chi connectivity index (χ1) is 22.3. The van der Waals surface area contributed by atoms with Crippen molar-refractivity contribution in [2.24, 2.45) is 9.98 Å². The molecule has 0 saturated carbocycles. The molecule has 214 valence electrons. The van der Waals surface area contributed by atoms with Gasteiger partial charge in [-0.2, -0.15) is 0 Å². The Labute approximate surface area is 260 Å². The molecule has 0 bridgehead atoms.